The van der Waals surface area contributed by atoms with Gasteiger partial charge in [-0.2, -0.15) is 0 Å². The van der Waals surface area contributed by atoms with E-state index < -0.39 is 11.4 Å². The fourth-order valence-electron chi connectivity index (χ4n) is 2.29. The van der Waals surface area contributed by atoms with Gasteiger partial charge in [0.15, 0.2) is 0 Å². The fourth-order valence-corrected chi connectivity index (χ4v) is 2.29. The molecule has 1 saturated heterocycles. The Morgan fingerprint density at radius 2 is 2.07 bits per heavy atom. The van der Waals surface area contributed by atoms with Crippen molar-refractivity contribution in [1.82, 2.24) is 4.90 Å². The molecule has 0 aliphatic carbocycles. The van der Waals surface area contributed by atoms with E-state index in [0.29, 0.717) is 12.0 Å². The summed E-state index contributed by atoms with van der Waals surface area (Å²) in [5, 5.41) is 9.28. The molecule has 0 amide bonds. The van der Waals surface area contributed by atoms with Gasteiger partial charge in [-0.1, -0.05) is 20.8 Å². The first-order valence-corrected chi connectivity index (χ1v) is 5.90. The van der Waals surface area contributed by atoms with Crippen LogP contribution < -0.4 is 0 Å². The molecule has 1 heterocycles. The minimum absolute atomic E-state index is 0.483. The minimum Gasteiger partial charge on any atom is -0.481 e. The van der Waals surface area contributed by atoms with Crippen LogP contribution in [0.1, 0.15) is 40.5 Å². The van der Waals surface area contributed by atoms with Gasteiger partial charge >= 0.3 is 5.97 Å². The van der Waals surface area contributed by atoms with Crippen molar-refractivity contribution < 1.29 is 9.90 Å². The highest BCUT2D eigenvalue weighted by Gasteiger charge is 2.44. The van der Waals surface area contributed by atoms with Crippen molar-refractivity contribution in [2.75, 3.05) is 13.1 Å². The number of likely N-dealkylation sites (tertiary alicyclic amines) is 1. The molecule has 1 aliphatic heterocycles. The van der Waals surface area contributed by atoms with Crippen LogP contribution in [-0.2, 0) is 4.79 Å². The Balaban J connectivity index is 2.69. The Labute approximate surface area is 92.5 Å². The molecule has 1 fully saturated rings. The summed E-state index contributed by atoms with van der Waals surface area (Å²) in [5.41, 5.74) is -0.483. The highest BCUT2D eigenvalue weighted by Crippen LogP contribution is 2.35. The van der Waals surface area contributed by atoms with Crippen molar-refractivity contribution >= 4 is 5.97 Å². The zero-order chi connectivity index (χ0) is 11.6. The zero-order valence-electron chi connectivity index (χ0n) is 10.3. The van der Waals surface area contributed by atoms with Crippen LogP contribution in [0.5, 0.6) is 0 Å². The lowest BCUT2D eigenvalue weighted by atomic mass is 9.84. The van der Waals surface area contributed by atoms with Gasteiger partial charge < -0.3 is 5.11 Å². The normalized spacial score (nSPS) is 29.7. The van der Waals surface area contributed by atoms with Crippen molar-refractivity contribution in [3.05, 3.63) is 0 Å². The molecule has 0 bridgehead atoms. The maximum Gasteiger partial charge on any atom is 0.310 e. The summed E-state index contributed by atoms with van der Waals surface area (Å²) in [6, 6.07) is 0.484. The standard InChI is InChI=1S/C12H23NO2/c1-5-12(11(14)15)6-7-13(8-12)10(4)9(2)3/h9-10H,5-8H2,1-4H3,(H,14,15). The van der Waals surface area contributed by atoms with Gasteiger partial charge in [0.25, 0.3) is 0 Å². The lowest BCUT2D eigenvalue weighted by Crippen LogP contribution is -2.39. The molecule has 0 spiro atoms. The summed E-state index contributed by atoms with van der Waals surface area (Å²) >= 11 is 0. The predicted molar refractivity (Wildman–Crippen MR) is 60.8 cm³/mol. The quantitative estimate of drug-likeness (QED) is 0.778. The van der Waals surface area contributed by atoms with Crippen LogP contribution in [0.4, 0.5) is 0 Å². The molecule has 1 rings (SSSR count). The Morgan fingerprint density at radius 1 is 1.47 bits per heavy atom. The van der Waals surface area contributed by atoms with E-state index in [1.165, 1.54) is 0 Å². The third-order valence-corrected chi connectivity index (χ3v) is 4.05. The molecule has 2 unspecified atom stereocenters. The molecule has 3 nitrogen and oxygen atoms in total. The second-order valence-electron chi connectivity index (χ2n) is 5.14. The molecule has 0 saturated carbocycles. The summed E-state index contributed by atoms with van der Waals surface area (Å²) in [6.07, 6.45) is 1.54. The van der Waals surface area contributed by atoms with Crippen LogP contribution in [0.3, 0.4) is 0 Å². The van der Waals surface area contributed by atoms with E-state index in [2.05, 4.69) is 25.7 Å². The van der Waals surface area contributed by atoms with E-state index >= 15 is 0 Å². The van der Waals surface area contributed by atoms with Gasteiger partial charge in [0, 0.05) is 12.6 Å². The van der Waals surface area contributed by atoms with Crippen molar-refractivity contribution in [3.8, 4) is 0 Å². The molecular weight excluding hydrogens is 190 g/mol. The molecule has 0 aromatic rings. The topological polar surface area (TPSA) is 40.5 Å². The molecule has 3 heteroatoms. The number of carboxylic acid groups (broad SMARTS) is 1. The van der Waals surface area contributed by atoms with Gasteiger partial charge in [-0.05, 0) is 32.2 Å². The number of hydrogen-bond acceptors (Lipinski definition) is 2. The van der Waals surface area contributed by atoms with Gasteiger partial charge in [-0.3, -0.25) is 9.69 Å². The second kappa shape index (κ2) is 4.52. The van der Waals surface area contributed by atoms with E-state index in [1.54, 1.807) is 0 Å². The molecular formula is C12H23NO2. The summed E-state index contributed by atoms with van der Waals surface area (Å²) in [5.74, 6) is -0.0325. The highest BCUT2D eigenvalue weighted by atomic mass is 16.4. The number of aliphatic carboxylic acids is 1. The number of hydrogen-bond donors (Lipinski definition) is 1. The average Bonchev–Trinajstić information content (AvgIpc) is 2.61. The smallest absolute Gasteiger partial charge is 0.310 e. The molecule has 0 aromatic heterocycles. The number of carboxylic acids is 1. The van der Waals surface area contributed by atoms with E-state index in [1.807, 2.05) is 6.92 Å². The van der Waals surface area contributed by atoms with Crippen LogP contribution in [0.2, 0.25) is 0 Å². The Bertz CT molecular complexity index is 240. The Kier molecular flexibility index (Phi) is 3.77. The third-order valence-electron chi connectivity index (χ3n) is 4.05. The Morgan fingerprint density at radius 3 is 2.40 bits per heavy atom. The van der Waals surface area contributed by atoms with Crippen LogP contribution in [0.25, 0.3) is 0 Å². The van der Waals surface area contributed by atoms with Crippen molar-refractivity contribution in [2.45, 2.75) is 46.6 Å². The molecule has 0 radical (unpaired) electrons. The van der Waals surface area contributed by atoms with Gasteiger partial charge in [-0.25, -0.2) is 0 Å². The van der Waals surface area contributed by atoms with E-state index in [0.717, 1.165) is 25.9 Å². The first kappa shape index (κ1) is 12.5. The highest BCUT2D eigenvalue weighted by molar-refractivity contribution is 5.75. The SMILES string of the molecule is CCC1(C(=O)O)CCN(C(C)C(C)C)C1. The third kappa shape index (κ3) is 2.33. The van der Waals surface area contributed by atoms with Gasteiger partial charge in [0.05, 0.1) is 5.41 Å². The molecule has 2 atom stereocenters. The first-order valence-electron chi connectivity index (χ1n) is 5.90. The molecule has 1 N–H and O–H groups in total. The van der Waals surface area contributed by atoms with Crippen molar-refractivity contribution in [1.29, 1.82) is 0 Å². The number of nitrogens with zero attached hydrogens (tertiary/aromatic N) is 1. The molecule has 15 heavy (non-hydrogen) atoms. The molecule has 88 valence electrons. The summed E-state index contributed by atoms with van der Waals surface area (Å²) in [4.78, 5) is 13.6. The minimum atomic E-state index is -0.622. The van der Waals surface area contributed by atoms with Crippen LogP contribution in [-0.4, -0.2) is 35.1 Å². The maximum atomic E-state index is 11.3. The predicted octanol–water partition coefficient (Wildman–Crippen LogP) is 2.22. The van der Waals surface area contributed by atoms with Gasteiger partial charge in [-0.15, -0.1) is 0 Å². The monoisotopic (exact) mass is 213 g/mol. The summed E-state index contributed by atoms with van der Waals surface area (Å²) in [7, 11) is 0. The lowest BCUT2D eigenvalue weighted by Gasteiger charge is -2.29. The van der Waals surface area contributed by atoms with Crippen molar-refractivity contribution in [2.24, 2.45) is 11.3 Å². The number of rotatable bonds is 4. The first-order chi connectivity index (χ1) is 6.93. The zero-order valence-corrected chi connectivity index (χ0v) is 10.3. The fraction of sp³-hybridized carbons (Fsp3) is 0.917. The second-order valence-corrected chi connectivity index (χ2v) is 5.14. The molecule has 0 aromatic carbocycles. The lowest BCUT2D eigenvalue weighted by molar-refractivity contribution is -0.148. The van der Waals surface area contributed by atoms with Crippen LogP contribution >= 0.6 is 0 Å². The van der Waals surface area contributed by atoms with Crippen molar-refractivity contribution in [3.63, 3.8) is 0 Å². The Hall–Kier alpha value is -0.570. The maximum absolute atomic E-state index is 11.3. The number of carbonyl (C=O) groups is 1. The van der Waals surface area contributed by atoms with Gasteiger partial charge in [0.1, 0.15) is 0 Å². The summed E-state index contributed by atoms with van der Waals surface area (Å²) in [6.45, 7) is 10.2. The largest absolute Gasteiger partial charge is 0.481 e. The van der Waals surface area contributed by atoms with Crippen LogP contribution in [0.15, 0.2) is 0 Å². The average molecular weight is 213 g/mol. The van der Waals surface area contributed by atoms with E-state index in [9.17, 15) is 9.90 Å². The van der Waals surface area contributed by atoms with E-state index in [4.69, 9.17) is 0 Å². The summed E-state index contributed by atoms with van der Waals surface area (Å²) < 4.78 is 0. The molecule has 1 aliphatic rings. The van der Waals surface area contributed by atoms with Crippen LogP contribution in [0, 0.1) is 11.3 Å². The van der Waals surface area contributed by atoms with E-state index in [-0.39, 0.29) is 0 Å². The van der Waals surface area contributed by atoms with Gasteiger partial charge in [0.2, 0.25) is 0 Å².